The SMILES string of the molecule is Cc1cn(C)c(=O)c(NC(=O)N[C@@H](CC(=O)O)c2ccc(-c3ccccc3)cc2)c1O. The molecule has 0 bridgehead atoms. The number of carboxylic acids is 1. The van der Waals surface area contributed by atoms with E-state index >= 15 is 0 Å². The molecule has 0 fully saturated rings. The minimum atomic E-state index is -1.09. The number of hydrogen-bond acceptors (Lipinski definition) is 4. The molecule has 3 aromatic rings. The predicted octanol–water partition coefficient (Wildman–Crippen LogP) is 3.40. The zero-order chi connectivity index (χ0) is 22.5. The summed E-state index contributed by atoms with van der Waals surface area (Å²) in [6.07, 6.45) is 1.10. The Morgan fingerprint density at radius 2 is 1.65 bits per heavy atom. The Balaban J connectivity index is 1.81. The molecular formula is C23H23N3O5. The normalized spacial score (nSPS) is 11.5. The molecule has 8 nitrogen and oxygen atoms in total. The summed E-state index contributed by atoms with van der Waals surface area (Å²) in [7, 11) is 1.50. The summed E-state index contributed by atoms with van der Waals surface area (Å²) in [6.45, 7) is 1.60. The van der Waals surface area contributed by atoms with E-state index in [0.29, 0.717) is 11.1 Å². The van der Waals surface area contributed by atoms with E-state index in [1.807, 2.05) is 42.5 Å². The first-order valence-electron chi connectivity index (χ1n) is 9.60. The average Bonchev–Trinajstić information content (AvgIpc) is 2.75. The van der Waals surface area contributed by atoms with Gasteiger partial charge < -0.3 is 25.4 Å². The maximum Gasteiger partial charge on any atom is 0.319 e. The monoisotopic (exact) mass is 421 g/mol. The van der Waals surface area contributed by atoms with Gasteiger partial charge in [0.2, 0.25) is 0 Å². The molecule has 2 amide bonds. The maximum absolute atomic E-state index is 12.5. The van der Waals surface area contributed by atoms with E-state index < -0.39 is 23.6 Å². The van der Waals surface area contributed by atoms with E-state index in [1.165, 1.54) is 17.8 Å². The highest BCUT2D eigenvalue weighted by Crippen LogP contribution is 2.25. The number of nitrogens with zero attached hydrogens (tertiary/aromatic N) is 1. The second-order valence-electron chi connectivity index (χ2n) is 7.19. The van der Waals surface area contributed by atoms with Crippen molar-refractivity contribution in [2.24, 2.45) is 7.05 Å². The largest absolute Gasteiger partial charge is 0.505 e. The third-order valence-corrected chi connectivity index (χ3v) is 4.87. The van der Waals surface area contributed by atoms with Crippen molar-refractivity contribution in [3.63, 3.8) is 0 Å². The van der Waals surface area contributed by atoms with Gasteiger partial charge in [-0.25, -0.2) is 4.79 Å². The van der Waals surface area contributed by atoms with Crippen molar-refractivity contribution in [3.05, 3.63) is 82.3 Å². The Morgan fingerprint density at radius 3 is 2.26 bits per heavy atom. The summed E-state index contributed by atoms with van der Waals surface area (Å²) in [6, 6.07) is 15.3. The second kappa shape index (κ2) is 9.17. The molecular weight excluding hydrogens is 398 g/mol. The van der Waals surface area contributed by atoms with Crippen molar-refractivity contribution in [3.8, 4) is 16.9 Å². The Morgan fingerprint density at radius 1 is 1.03 bits per heavy atom. The molecule has 1 heterocycles. The Bertz CT molecular complexity index is 1150. The first-order valence-corrected chi connectivity index (χ1v) is 9.60. The van der Waals surface area contributed by atoms with E-state index in [1.54, 1.807) is 19.1 Å². The Hall–Kier alpha value is -4.07. The van der Waals surface area contributed by atoms with E-state index in [4.69, 9.17) is 0 Å². The summed E-state index contributed by atoms with van der Waals surface area (Å²) in [5.41, 5.74) is 2.12. The van der Waals surface area contributed by atoms with Crippen LogP contribution in [0.5, 0.6) is 5.75 Å². The Kier molecular flexibility index (Phi) is 6.40. The number of aromatic nitrogens is 1. The van der Waals surface area contributed by atoms with Gasteiger partial charge in [-0.05, 0) is 23.6 Å². The van der Waals surface area contributed by atoms with Crippen LogP contribution in [0.3, 0.4) is 0 Å². The number of benzene rings is 2. The van der Waals surface area contributed by atoms with Crippen LogP contribution in [-0.4, -0.2) is 26.8 Å². The zero-order valence-electron chi connectivity index (χ0n) is 17.1. The molecule has 0 radical (unpaired) electrons. The number of carbonyl (C=O) groups is 2. The molecule has 31 heavy (non-hydrogen) atoms. The van der Waals surface area contributed by atoms with Gasteiger partial charge in [-0.15, -0.1) is 0 Å². The van der Waals surface area contributed by atoms with Crippen molar-refractivity contribution in [2.45, 2.75) is 19.4 Å². The van der Waals surface area contributed by atoms with Crippen LogP contribution in [-0.2, 0) is 11.8 Å². The molecule has 8 heteroatoms. The van der Waals surface area contributed by atoms with E-state index in [-0.39, 0.29) is 17.9 Å². The molecule has 0 spiro atoms. The molecule has 2 aromatic carbocycles. The first kappa shape index (κ1) is 21.6. The number of rotatable bonds is 6. The van der Waals surface area contributed by atoms with Gasteiger partial charge in [0.05, 0.1) is 12.5 Å². The van der Waals surface area contributed by atoms with E-state index in [9.17, 15) is 24.6 Å². The number of anilines is 1. The van der Waals surface area contributed by atoms with Gasteiger partial charge in [-0.2, -0.15) is 0 Å². The third kappa shape index (κ3) is 5.11. The van der Waals surface area contributed by atoms with Crippen molar-refractivity contribution in [2.75, 3.05) is 5.32 Å². The van der Waals surface area contributed by atoms with Gasteiger partial charge in [0.1, 0.15) is 5.75 Å². The number of carbonyl (C=O) groups excluding carboxylic acids is 1. The lowest BCUT2D eigenvalue weighted by atomic mass is 9.99. The van der Waals surface area contributed by atoms with Crippen molar-refractivity contribution in [1.82, 2.24) is 9.88 Å². The minimum Gasteiger partial charge on any atom is -0.505 e. The number of nitrogens with one attached hydrogen (secondary N) is 2. The molecule has 0 saturated heterocycles. The lowest BCUT2D eigenvalue weighted by Crippen LogP contribution is -2.36. The summed E-state index contributed by atoms with van der Waals surface area (Å²) >= 11 is 0. The van der Waals surface area contributed by atoms with Gasteiger partial charge in [-0.3, -0.25) is 9.59 Å². The molecule has 0 aliphatic rings. The predicted molar refractivity (Wildman–Crippen MR) is 117 cm³/mol. The van der Waals surface area contributed by atoms with E-state index in [2.05, 4.69) is 10.6 Å². The standard InChI is InChI=1S/C23H23N3O5/c1-14-13-26(2)22(30)20(21(14)29)25-23(31)24-18(12-19(27)28)17-10-8-16(9-11-17)15-6-4-3-5-7-15/h3-11,13,18,29H,12H2,1-2H3,(H,27,28)(H2,24,25,31)/t18-/m0/s1. The average molecular weight is 421 g/mol. The number of urea groups is 1. The molecule has 1 aromatic heterocycles. The fourth-order valence-electron chi connectivity index (χ4n) is 3.27. The summed E-state index contributed by atoms with van der Waals surface area (Å²) in [4.78, 5) is 36.1. The molecule has 0 saturated carbocycles. The summed E-state index contributed by atoms with van der Waals surface area (Å²) in [5, 5.41) is 24.3. The van der Waals surface area contributed by atoms with Crippen molar-refractivity contribution < 1.29 is 19.8 Å². The molecule has 1 atom stereocenters. The van der Waals surface area contributed by atoms with Gasteiger partial charge in [0.25, 0.3) is 5.56 Å². The quantitative estimate of drug-likeness (QED) is 0.486. The van der Waals surface area contributed by atoms with Crippen LogP contribution in [0.15, 0.2) is 65.6 Å². The van der Waals surface area contributed by atoms with Crippen LogP contribution >= 0.6 is 0 Å². The number of amides is 2. The number of pyridine rings is 1. The zero-order valence-corrected chi connectivity index (χ0v) is 17.1. The molecule has 0 unspecified atom stereocenters. The fourth-order valence-corrected chi connectivity index (χ4v) is 3.27. The van der Waals surface area contributed by atoms with Crippen LogP contribution in [0, 0.1) is 6.92 Å². The van der Waals surface area contributed by atoms with Crippen LogP contribution < -0.4 is 16.2 Å². The van der Waals surface area contributed by atoms with Crippen LogP contribution in [0.25, 0.3) is 11.1 Å². The highest BCUT2D eigenvalue weighted by atomic mass is 16.4. The smallest absolute Gasteiger partial charge is 0.319 e. The minimum absolute atomic E-state index is 0.270. The van der Waals surface area contributed by atoms with Crippen LogP contribution in [0.2, 0.25) is 0 Å². The molecule has 0 aliphatic carbocycles. The van der Waals surface area contributed by atoms with Gasteiger partial charge >= 0.3 is 12.0 Å². The fraction of sp³-hybridized carbons (Fsp3) is 0.174. The number of aliphatic carboxylic acids is 1. The van der Waals surface area contributed by atoms with Gasteiger partial charge in [0, 0.05) is 18.8 Å². The number of aromatic hydroxyl groups is 1. The topological polar surface area (TPSA) is 121 Å². The molecule has 3 rings (SSSR count). The number of carboxylic acid groups (broad SMARTS) is 1. The second-order valence-corrected chi connectivity index (χ2v) is 7.19. The Labute approximate surface area is 178 Å². The van der Waals surface area contributed by atoms with Crippen LogP contribution in [0.4, 0.5) is 10.5 Å². The maximum atomic E-state index is 12.5. The lowest BCUT2D eigenvalue weighted by Gasteiger charge is -2.19. The lowest BCUT2D eigenvalue weighted by molar-refractivity contribution is -0.137. The van der Waals surface area contributed by atoms with Crippen LogP contribution in [0.1, 0.15) is 23.6 Å². The molecule has 0 aliphatic heterocycles. The summed E-state index contributed by atoms with van der Waals surface area (Å²) in [5.74, 6) is -1.42. The molecule has 160 valence electrons. The van der Waals surface area contributed by atoms with Crippen molar-refractivity contribution >= 4 is 17.7 Å². The third-order valence-electron chi connectivity index (χ3n) is 4.87. The number of aryl methyl sites for hydroxylation is 2. The van der Waals surface area contributed by atoms with E-state index in [0.717, 1.165) is 11.1 Å². The van der Waals surface area contributed by atoms with Gasteiger partial charge in [0.15, 0.2) is 5.69 Å². The summed E-state index contributed by atoms with van der Waals surface area (Å²) < 4.78 is 1.24. The first-order chi connectivity index (χ1) is 14.8. The van der Waals surface area contributed by atoms with Gasteiger partial charge in [-0.1, -0.05) is 54.6 Å². The van der Waals surface area contributed by atoms with Crippen molar-refractivity contribution in [1.29, 1.82) is 0 Å². The highest BCUT2D eigenvalue weighted by Gasteiger charge is 2.20. The molecule has 4 N–H and O–H groups in total. The number of hydrogen-bond donors (Lipinski definition) is 4. The highest BCUT2D eigenvalue weighted by molar-refractivity contribution is 5.91.